The van der Waals surface area contributed by atoms with E-state index >= 15 is 0 Å². The summed E-state index contributed by atoms with van der Waals surface area (Å²) < 4.78 is 50.3. The summed E-state index contributed by atoms with van der Waals surface area (Å²) in [4.78, 5) is 27.0. The number of carbonyl (C=O) groups excluding carboxylic acids is 1. The van der Waals surface area contributed by atoms with Crippen molar-refractivity contribution >= 4 is 31.4 Å². The van der Waals surface area contributed by atoms with Crippen LogP contribution in [0.1, 0.15) is 67.4 Å². The Kier molecular flexibility index (Phi) is 13.6. The number of aromatic nitrogens is 4. The number of fused-ring (bicyclic) bond motifs is 3. The van der Waals surface area contributed by atoms with Gasteiger partial charge in [0.05, 0.1) is 52.9 Å². The van der Waals surface area contributed by atoms with E-state index in [4.69, 9.17) is 37.7 Å². The number of nitrogens with zero attached hydrogens (tertiary/aromatic N) is 6. The fourth-order valence-corrected chi connectivity index (χ4v) is 10.3. The summed E-state index contributed by atoms with van der Waals surface area (Å²) in [6.45, 7) is 8.65. The maximum atomic E-state index is 13.3. The molecule has 0 saturated carbocycles. The van der Waals surface area contributed by atoms with Gasteiger partial charge in [-0.25, -0.2) is 19.6 Å². The van der Waals surface area contributed by atoms with Gasteiger partial charge in [-0.1, -0.05) is 72.8 Å². The Labute approximate surface area is 374 Å². The van der Waals surface area contributed by atoms with Crippen molar-refractivity contribution in [2.45, 2.75) is 75.8 Å². The van der Waals surface area contributed by atoms with Crippen molar-refractivity contribution in [2.24, 2.45) is 0 Å². The number of carbonyl (C=O) groups is 1. The average Bonchev–Trinajstić information content (AvgIpc) is 4.00. The lowest BCUT2D eigenvalue weighted by Crippen LogP contribution is -2.49. The molecule has 2 aliphatic heterocycles. The van der Waals surface area contributed by atoms with Crippen LogP contribution in [0.2, 0.25) is 0 Å². The van der Waals surface area contributed by atoms with Crippen LogP contribution >= 0.6 is 8.53 Å². The van der Waals surface area contributed by atoms with Crippen LogP contribution in [0.5, 0.6) is 11.5 Å². The molecular formula is C48H52N7O8P. The zero-order valence-electron chi connectivity index (χ0n) is 36.7. The van der Waals surface area contributed by atoms with Crippen LogP contribution < -0.4 is 14.8 Å². The van der Waals surface area contributed by atoms with Crippen molar-refractivity contribution in [3.8, 4) is 17.6 Å². The molecule has 16 heteroatoms. The van der Waals surface area contributed by atoms with Gasteiger partial charge in [-0.05, 0) is 80.8 Å². The predicted octanol–water partition coefficient (Wildman–Crippen LogP) is 8.43. The highest BCUT2D eigenvalue weighted by molar-refractivity contribution is 7.44. The summed E-state index contributed by atoms with van der Waals surface area (Å²) in [5, 5.41) is 12.4. The SMILES string of the molecule is COc1ccc(C(OC[C@]23CO[C@H]([C@H](n4cnc5c(NC(=O)c6ccccc6)ncnc54)O2)[C@H]3OP(OCCC#N)N(C(C)C)C(C)C)(c2ccccc2)c2ccc(OC)cc2)cc1. The fourth-order valence-electron chi connectivity index (χ4n) is 8.47. The molecule has 1 amide bonds. The lowest BCUT2D eigenvalue weighted by atomic mass is 9.79. The summed E-state index contributed by atoms with van der Waals surface area (Å²) in [6.07, 6.45) is 0.930. The summed E-state index contributed by atoms with van der Waals surface area (Å²) in [5.74, 6) is 1.31. The maximum absolute atomic E-state index is 13.3. The molecule has 0 spiro atoms. The van der Waals surface area contributed by atoms with Gasteiger partial charge in [0.1, 0.15) is 41.2 Å². The molecule has 0 aliphatic carbocycles. The van der Waals surface area contributed by atoms with Gasteiger partial charge in [0.2, 0.25) is 0 Å². The van der Waals surface area contributed by atoms with Crippen molar-refractivity contribution < 1.29 is 37.5 Å². The largest absolute Gasteiger partial charge is 0.497 e. The van der Waals surface area contributed by atoms with Crippen molar-refractivity contribution in [3.05, 3.63) is 144 Å². The lowest BCUT2D eigenvalue weighted by Gasteiger charge is -2.41. The van der Waals surface area contributed by atoms with Crippen molar-refractivity contribution in [2.75, 3.05) is 39.4 Å². The maximum Gasteiger partial charge on any atom is 0.259 e. The number of methoxy groups -OCH3 is 2. The number of ether oxygens (including phenoxy) is 5. The van der Waals surface area contributed by atoms with Crippen LogP contribution in [0.15, 0.2) is 122 Å². The molecular weight excluding hydrogens is 834 g/mol. The van der Waals surface area contributed by atoms with Gasteiger partial charge >= 0.3 is 0 Å². The molecule has 2 aliphatic rings. The van der Waals surface area contributed by atoms with E-state index in [1.165, 1.54) is 6.33 Å². The lowest BCUT2D eigenvalue weighted by molar-refractivity contribution is -0.202. The topological polar surface area (TPSA) is 164 Å². The van der Waals surface area contributed by atoms with Crippen LogP contribution in [0.25, 0.3) is 11.2 Å². The first-order valence-electron chi connectivity index (χ1n) is 21.2. The summed E-state index contributed by atoms with van der Waals surface area (Å²) in [6, 6.07) is 36.9. The smallest absolute Gasteiger partial charge is 0.259 e. The number of amides is 1. The highest BCUT2D eigenvalue weighted by Crippen LogP contribution is 2.56. The van der Waals surface area contributed by atoms with E-state index in [1.807, 2.05) is 84.9 Å². The van der Waals surface area contributed by atoms with Crippen LogP contribution in [0.4, 0.5) is 5.82 Å². The van der Waals surface area contributed by atoms with Crippen LogP contribution in [-0.2, 0) is 28.9 Å². The Morgan fingerprint density at radius 1 is 0.891 bits per heavy atom. The first-order chi connectivity index (χ1) is 31.1. The highest BCUT2D eigenvalue weighted by Gasteiger charge is 2.65. The molecule has 4 aromatic carbocycles. The molecule has 15 nitrogen and oxygen atoms in total. The predicted molar refractivity (Wildman–Crippen MR) is 241 cm³/mol. The normalized spacial score (nSPS) is 19.9. The molecule has 64 heavy (non-hydrogen) atoms. The molecule has 8 rings (SSSR count). The Bertz CT molecular complexity index is 2480. The van der Waals surface area contributed by atoms with Gasteiger partial charge in [-0.3, -0.25) is 9.36 Å². The standard InChI is InChI=1S/C48H52N7O8P/c1-32(2)55(33(3)4)64(61-27-13-26-49)63-42-41-46(54-31-52-40-43(50-30-51-44(40)54)53-45(56)34-14-9-7-10-15-34)62-47(42,28-59-41)29-60-48(35-16-11-8-12-17-35,36-18-22-38(57-5)23-19-36)37-20-24-39(58-6)25-21-37/h7-12,14-25,30-33,41-42,46H,13,27-29H2,1-6H3,(H,50,51,53,56)/t41-,42+,46+,47-,64?/m0/s1. The molecule has 0 radical (unpaired) electrons. The molecule has 6 aromatic rings. The van der Waals surface area contributed by atoms with Gasteiger partial charge in [0.25, 0.3) is 14.4 Å². The van der Waals surface area contributed by atoms with Crippen LogP contribution in [-0.4, -0.2) is 94.0 Å². The second-order valence-corrected chi connectivity index (χ2v) is 17.5. The van der Waals surface area contributed by atoms with Crippen molar-refractivity contribution in [1.29, 1.82) is 5.26 Å². The number of imidazole rings is 1. The number of rotatable bonds is 19. The van der Waals surface area contributed by atoms with Gasteiger partial charge in [-0.2, -0.15) is 5.26 Å². The summed E-state index contributed by atoms with van der Waals surface area (Å²) in [7, 11) is 1.52. The quantitative estimate of drug-likeness (QED) is 0.0469. The Hall–Kier alpha value is -5.82. The second kappa shape index (κ2) is 19.5. The van der Waals surface area contributed by atoms with E-state index in [-0.39, 0.29) is 50.1 Å². The van der Waals surface area contributed by atoms with E-state index in [9.17, 15) is 10.1 Å². The third kappa shape index (κ3) is 8.71. The monoisotopic (exact) mass is 885 g/mol. The molecule has 1 N–H and O–H groups in total. The molecule has 332 valence electrons. The number of benzene rings is 4. The van der Waals surface area contributed by atoms with E-state index in [0.717, 1.165) is 16.7 Å². The number of nitrogens with one attached hydrogen (secondary N) is 1. The molecule has 1 unspecified atom stereocenters. The van der Waals surface area contributed by atoms with Gasteiger partial charge in [-0.15, -0.1) is 0 Å². The molecule has 5 atom stereocenters. The minimum absolute atomic E-state index is 0.0116. The van der Waals surface area contributed by atoms with E-state index < -0.39 is 38.2 Å². The molecule has 2 bridgehead atoms. The highest BCUT2D eigenvalue weighted by atomic mass is 31.2. The Morgan fingerprint density at radius 2 is 1.50 bits per heavy atom. The second-order valence-electron chi connectivity index (χ2n) is 16.1. The van der Waals surface area contributed by atoms with Gasteiger partial charge in [0.15, 0.2) is 23.2 Å². The average molecular weight is 886 g/mol. The first kappa shape index (κ1) is 44.8. The first-order valence-corrected chi connectivity index (χ1v) is 22.3. The van der Waals surface area contributed by atoms with Gasteiger partial charge < -0.3 is 38.0 Å². The molecule has 2 aromatic heterocycles. The van der Waals surface area contributed by atoms with E-state index in [0.29, 0.717) is 28.2 Å². The van der Waals surface area contributed by atoms with Crippen LogP contribution in [0, 0.1) is 11.3 Å². The number of anilines is 1. The molecule has 2 saturated heterocycles. The van der Waals surface area contributed by atoms with Crippen molar-refractivity contribution in [3.63, 3.8) is 0 Å². The van der Waals surface area contributed by atoms with Crippen LogP contribution in [0.3, 0.4) is 0 Å². The van der Waals surface area contributed by atoms with E-state index in [1.54, 1.807) is 49.4 Å². The zero-order chi connectivity index (χ0) is 44.8. The Morgan fingerprint density at radius 3 is 2.09 bits per heavy atom. The number of hydrogen-bond acceptors (Lipinski definition) is 13. The van der Waals surface area contributed by atoms with Crippen molar-refractivity contribution in [1.82, 2.24) is 24.2 Å². The third-order valence-electron chi connectivity index (χ3n) is 11.4. The summed E-state index contributed by atoms with van der Waals surface area (Å²) in [5.41, 5.74) is 1.42. The number of nitriles is 1. The summed E-state index contributed by atoms with van der Waals surface area (Å²) >= 11 is 0. The molecule has 2 fully saturated rings. The Balaban J connectivity index is 1.23. The van der Waals surface area contributed by atoms with E-state index in [2.05, 4.69) is 53.7 Å². The number of hydrogen-bond donors (Lipinski definition) is 1. The van der Waals surface area contributed by atoms with Gasteiger partial charge in [0, 0.05) is 17.6 Å². The zero-order valence-corrected chi connectivity index (χ0v) is 37.6. The third-order valence-corrected chi connectivity index (χ3v) is 13.6. The molecule has 4 heterocycles. The minimum Gasteiger partial charge on any atom is -0.497 e. The minimum atomic E-state index is -1.76. The fraction of sp³-hybridized carbons (Fsp3) is 0.354.